The van der Waals surface area contributed by atoms with Crippen LogP contribution in [0, 0.1) is 0 Å². The highest BCUT2D eigenvalue weighted by molar-refractivity contribution is 5.82. The molecule has 1 saturated carbocycles. The van der Waals surface area contributed by atoms with Crippen LogP contribution in [-0.2, 0) is 11.2 Å². The molecule has 23 heavy (non-hydrogen) atoms. The maximum Gasteiger partial charge on any atom is 0.156 e. The molecule has 2 aliphatic carbocycles. The monoisotopic (exact) mass is 307 g/mol. The van der Waals surface area contributed by atoms with Gasteiger partial charge in [0, 0.05) is 18.5 Å². The van der Waals surface area contributed by atoms with Gasteiger partial charge in [-0.2, -0.15) is 0 Å². The third-order valence-corrected chi connectivity index (χ3v) is 5.44. The summed E-state index contributed by atoms with van der Waals surface area (Å²) in [7, 11) is 0. The number of allylic oxidation sites excluding steroid dienone is 2. The molecule has 4 heteroatoms. The van der Waals surface area contributed by atoms with Crippen molar-refractivity contribution in [1.29, 1.82) is 0 Å². The van der Waals surface area contributed by atoms with Gasteiger partial charge in [-0.1, -0.05) is 25.0 Å². The van der Waals surface area contributed by atoms with Crippen molar-refractivity contribution in [3.8, 4) is 0 Å². The summed E-state index contributed by atoms with van der Waals surface area (Å²) < 4.78 is 7.75. The van der Waals surface area contributed by atoms with Crippen LogP contribution in [0.1, 0.15) is 55.1 Å². The van der Waals surface area contributed by atoms with E-state index >= 15 is 0 Å². The number of fused-ring (bicyclic) bond motifs is 3. The second kappa shape index (κ2) is 5.31. The molecule has 0 aromatic carbocycles. The van der Waals surface area contributed by atoms with E-state index in [-0.39, 0.29) is 0 Å². The number of rotatable bonds is 2. The van der Waals surface area contributed by atoms with Crippen molar-refractivity contribution in [1.82, 2.24) is 14.4 Å². The van der Waals surface area contributed by atoms with Gasteiger partial charge in [0.05, 0.1) is 36.5 Å². The van der Waals surface area contributed by atoms with Crippen LogP contribution in [0.5, 0.6) is 0 Å². The van der Waals surface area contributed by atoms with Crippen molar-refractivity contribution in [3.63, 3.8) is 0 Å². The Morgan fingerprint density at radius 3 is 2.91 bits per heavy atom. The second-order valence-electron chi connectivity index (χ2n) is 6.81. The van der Waals surface area contributed by atoms with Gasteiger partial charge in [-0.05, 0) is 30.4 Å². The fraction of sp³-hybridized carbons (Fsp3) is 0.474. The van der Waals surface area contributed by atoms with Crippen LogP contribution in [0.4, 0.5) is 0 Å². The molecule has 3 heterocycles. The summed E-state index contributed by atoms with van der Waals surface area (Å²) in [5, 5.41) is 0. The highest BCUT2D eigenvalue weighted by atomic mass is 16.5. The average molecular weight is 307 g/mol. The minimum absolute atomic E-state index is 0.640. The van der Waals surface area contributed by atoms with Crippen molar-refractivity contribution < 1.29 is 4.74 Å². The molecule has 0 unspecified atom stereocenters. The Balaban J connectivity index is 1.62. The Bertz CT molecular complexity index is 824. The zero-order valence-electron chi connectivity index (χ0n) is 13.3. The summed E-state index contributed by atoms with van der Waals surface area (Å²) in [6.45, 7) is 1.54. The van der Waals surface area contributed by atoms with E-state index in [9.17, 15) is 0 Å². The second-order valence-corrected chi connectivity index (χ2v) is 6.81. The molecule has 0 radical (unpaired) electrons. The Labute approximate surface area is 135 Å². The third-order valence-electron chi connectivity index (χ3n) is 5.44. The van der Waals surface area contributed by atoms with Crippen molar-refractivity contribution in [2.75, 3.05) is 13.2 Å². The molecule has 0 N–H and O–H groups in total. The standard InChI is InChI=1S/C19H21N3O/c1-2-4-14(3-1)17-12-22-18(21-17)11-20-16-6-5-15(19(16)22)13-7-9-23-10-8-13/h5,7,11-12,14H,1-4,6,8-10H2. The zero-order chi connectivity index (χ0) is 15.2. The van der Waals surface area contributed by atoms with Crippen LogP contribution in [-0.4, -0.2) is 27.6 Å². The number of imidazole rings is 1. The van der Waals surface area contributed by atoms with E-state index in [2.05, 4.69) is 27.7 Å². The lowest BCUT2D eigenvalue weighted by molar-refractivity contribution is 0.156. The highest BCUT2D eigenvalue weighted by Gasteiger charge is 2.25. The van der Waals surface area contributed by atoms with Gasteiger partial charge in [0.2, 0.25) is 0 Å². The van der Waals surface area contributed by atoms with E-state index in [1.807, 2.05) is 6.20 Å². The zero-order valence-corrected chi connectivity index (χ0v) is 13.3. The molecule has 0 saturated heterocycles. The first-order valence-corrected chi connectivity index (χ1v) is 8.75. The van der Waals surface area contributed by atoms with Crippen LogP contribution in [0.25, 0.3) is 11.2 Å². The predicted molar refractivity (Wildman–Crippen MR) is 89.4 cm³/mol. The lowest BCUT2D eigenvalue weighted by atomic mass is 10.0. The predicted octanol–water partition coefficient (Wildman–Crippen LogP) is 3.67. The summed E-state index contributed by atoms with van der Waals surface area (Å²) in [4.78, 5) is 9.56. The molecular formula is C19H21N3O. The fourth-order valence-electron chi connectivity index (χ4n) is 4.22. The minimum atomic E-state index is 0.640. The Morgan fingerprint density at radius 2 is 2.09 bits per heavy atom. The van der Waals surface area contributed by atoms with Gasteiger partial charge in [-0.25, -0.2) is 4.98 Å². The SMILES string of the molecule is C1=C(C2=CCc3ncc4nc(C5CCCC5)cn4c32)CCOC1. The average Bonchev–Trinajstić information content (AvgIpc) is 3.32. The molecule has 0 amide bonds. The molecule has 2 aromatic heterocycles. The van der Waals surface area contributed by atoms with Crippen LogP contribution in [0.2, 0.25) is 0 Å². The van der Waals surface area contributed by atoms with Gasteiger partial charge < -0.3 is 4.74 Å². The minimum Gasteiger partial charge on any atom is -0.377 e. The quantitative estimate of drug-likeness (QED) is 0.850. The third kappa shape index (κ3) is 2.16. The first kappa shape index (κ1) is 13.5. The smallest absolute Gasteiger partial charge is 0.156 e. The number of aromatic nitrogens is 3. The van der Waals surface area contributed by atoms with E-state index in [1.165, 1.54) is 53.9 Å². The molecule has 0 atom stereocenters. The van der Waals surface area contributed by atoms with Crippen molar-refractivity contribution >= 4 is 11.2 Å². The Morgan fingerprint density at radius 1 is 1.17 bits per heavy atom. The summed E-state index contributed by atoms with van der Waals surface area (Å²) in [5.74, 6) is 0.640. The molecule has 1 fully saturated rings. The van der Waals surface area contributed by atoms with Crippen molar-refractivity contribution in [2.45, 2.75) is 44.4 Å². The Hall–Kier alpha value is -1.94. The van der Waals surface area contributed by atoms with E-state index in [4.69, 9.17) is 9.72 Å². The van der Waals surface area contributed by atoms with Gasteiger partial charge >= 0.3 is 0 Å². The topological polar surface area (TPSA) is 39.4 Å². The lowest BCUT2D eigenvalue weighted by Gasteiger charge is -2.16. The van der Waals surface area contributed by atoms with Crippen molar-refractivity contribution in [3.05, 3.63) is 47.2 Å². The summed E-state index contributed by atoms with van der Waals surface area (Å²) in [5.41, 5.74) is 7.43. The molecule has 2 aromatic rings. The molecule has 1 aliphatic heterocycles. The molecule has 0 spiro atoms. The summed E-state index contributed by atoms with van der Waals surface area (Å²) in [6, 6.07) is 0. The maximum atomic E-state index is 5.47. The van der Waals surface area contributed by atoms with Gasteiger partial charge in [-0.15, -0.1) is 0 Å². The fourth-order valence-corrected chi connectivity index (χ4v) is 4.22. The van der Waals surface area contributed by atoms with Crippen LogP contribution >= 0.6 is 0 Å². The number of nitrogens with zero attached hydrogens (tertiary/aromatic N) is 3. The lowest BCUT2D eigenvalue weighted by Crippen LogP contribution is -2.07. The number of hydrogen-bond acceptors (Lipinski definition) is 3. The van der Waals surface area contributed by atoms with Crippen LogP contribution < -0.4 is 0 Å². The summed E-state index contributed by atoms with van der Waals surface area (Å²) in [6.07, 6.45) is 15.9. The van der Waals surface area contributed by atoms with E-state index in [0.717, 1.165) is 31.7 Å². The van der Waals surface area contributed by atoms with Gasteiger partial charge in [0.1, 0.15) is 0 Å². The molecule has 4 nitrogen and oxygen atoms in total. The summed E-state index contributed by atoms with van der Waals surface area (Å²) >= 11 is 0. The first-order chi connectivity index (χ1) is 11.4. The van der Waals surface area contributed by atoms with Gasteiger partial charge in [0.25, 0.3) is 0 Å². The number of ether oxygens (including phenoxy) is 1. The largest absolute Gasteiger partial charge is 0.377 e. The normalized spacial score (nSPS) is 21.6. The van der Waals surface area contributed by atoms with Gasteiger partial charge in [0.15, 0.2) is 5.65 Å². The molecule has 5 rings (SSSR count). The molecule has 118 valence electrons. The molecular weight excluding hydrogens is 286 g/mol. The molecule has 0 bridgehead atoms. The van der Waals surface area contributed by atoms with Crippen molar-refractivity contribution in [2.24, 2.45) is 0 Å². The van der Waals surface area contributed by atoms with E-state index < -0.39 is 0 Å². The highest BCUT2D eigenvalue weighted by Crippen LogP contribution is 2.37. The van der Waals surface area contributed by atoms with Crippen LogP contribution in [0.3, 0.4) is 0 Å². The maximum absolute atomic E-state index is 5.47. The first-order valence-electron chi connectivity index (χ1n) is 8.75. The van der Waals surface area contributed by atoms with E-state index in [1.54, 1.807) is 0 Å². The van der Waals surface area contributed by atoms with Gasteiger partial charge in [-0.3, -0.25) is 9.38 Å². The number of hydrogen-bond donors (Lipinski definition) is 0. The van der Waals surface area contributed by atoms with E-state index in [0.29, 0.717) is 5.92 Å². The molecule has 3 aliphatic rings. The van der Waals surface area contributed by atoms with Crippen LogP contribution in [0.15, 0.2) is 30.1 Å². The Kier molecular flexibility index (Phi) is 3.11.